The van der Waals surface area contributed by atoms with E-state index in [1.165, 1.54) is 6.42 Å². The lowest BCUT2D eigenvalue weighted by Gasteiger charge is -2.40. The minimum atomic E-state index is -0.328. The highest BCUT2D eigenvalue weighted by Crippen LogP contribution is 2.40. The third-order valence-electron chi connectivity index (χ3n) is 5.19. The van der Waals surface area contributed by atoms with Gasteiger partial charge in [-0.25, -0.2) is 0 Å². The van der Waals surface area contributed by atoms with Gasteiger partial charge >= 0.3 is 7.12 Å². The molecule has 2 fully saturated rings. The Hall–Kier alpha value is -0.455. The van der Waals surface area contributed by atoms with E-state index in [0.717, 1.165) is 24.1 Å². The molecule has 1 aliphatic carbocycles. The summed E-state index contributed by atoms with van der Waals surface area (Å²) in [5.41, 5.74) is 0.483. The van der Waals surface area contributed by atoms with Gasteiger partial charge in [-0.2, -0.15) is 17.7 Å². The fourth-order valence-electron chi connectivity index (χ4n) is 2.74. The molecule has 4 nitrogen and oxygen atoms in total. The van der Waals surface area contributed by atoms with Gasteiger partial charge in [0.25, 0.3) is 0 Å². The number of hydrogen-bond donors (Lipinski definition) is 1. The molecule has 1 saturated carbocycles. The van der Waals surface area contributed by atoms with E-state index in [1.807, 2.05) is 6.20 Å². The number of hydrogen-bond acceptors (Lipinski definition) is 4. The van der Waals surface area contributed by atoms with Crippen LogP contribution >= 0.6 is 12.6 Å². The number of aromatic nitrogens is 2. The average molecular weight is 294 g/mol. The Morgan fingerprint density at radius 2 is 1.85 bits per heavy atom. The van der Waals surface area contributed by atoms with Gasteiger partial charge in [-0.05, 0) is 47.0 Å². The van der Waals surface area contributed by atoms with Crippen molar-refractivity contribution in [2.45, 2.75) is 63.7 Å². The minimum absolute atomic E-state index is 0.102. The molecule has 0 aromatic carbocycles. The molecular formula is C14H23BN2O2S. The molecule has 0 atom stereocenters. The topological polar surface area (TPSA) is 36.3 Å². The second kappa shape index (κ2) is 4.52. The highest BCUT2D eigenvalue weighted by molar-refractivity contribution is 7.80. The lowest BCUT2D eigenvalue weighted by molar-refractivity contribution is 0.00578. The van der Waals surface area contributed by atoms with Crippen molar-refractivity contribution in [1.29, 1.82) is 0 Å². The Labute approximate surface area is 126 Å². The normalized spacial score (nSPS) is 26.6. The molecule has 1 aliphatic heterocycles. The zero-order valence-corrected chi connectivity index (χ0v) is 13.6. The summed E-state index contributed by atoms with van der Waals surface area (Å²) in [6, 6.07) is 0. The molecule has 2 heterocycles. The maximum Gasteiger partial charge on any atom is 0.498 e. The summed E-state index contributed by atoms with van der Waals surface area (Å²) in [4.78, 5) is 0. The van der Waals surface area contributed by atoms with E-state index < -0.39 is 0 Å². The fourth-order valence-corrected chi connectivity index (χ4v) is 3.20. The first-order valence-electron chi connectivity index (χ1n) is 7.31. The second-order valence-electron chi connectivity index (χ2n) is 7.04. The van der Waals surface area contributed by atoms with Crippen LogP contribution in [0.25, 0.3) is 0 Å². The van der Waals surface area contributed by atoms with Gasteiger partial charge in [-0.15, -0.1) is 0 Å². The molecule has 1 aromatic heterocycles. The summed E-state index contributed by atoms with van der Waals surface area (Å²) in [5, 5.41) is 4.53. The van der Waals surface area contributed by atoms with Gasteiger partial charge in [-0.3, -0.25) is 4.68 Å². The van der Waals surface area contributed by atoms with Crippen LogP contribution in [0.3, 0.4) is 0 Å². The molecule has 0 spiro atoms. The maximum absolute atomic E-state index is 6.07. The molecule has 0 N–H and O–H groups in total. The van der Waals surface area contributed by atoms with Crippen molar-refractivity contribution < 1.29 is 9.31 Å². The summed E-state index contributed by atoms with van der Waals surface area (Å²) in [7, 11) is -0.328. The molecular weight excluding hydrogens is 271 g/mol. The lowest BCUT2D eigenvalue weighted by Crippen LogP contribution is -2.43. The highest BCUT2D eigenvalue weighted by Gasteiger charge is 2.52. The van der Waals surface area contributed by atoms with E-state index in [9.17, 15) is 0 Å². The van der Waals surface area contributed by atoms with Gasteiger partial charge in [0, 0.05) is 23.6 Å². The van der Waals surface area contributed by atoms with Crippen LogP contribution in [-0.4, -0.2) is 33.9 Å². The van der Waals surface area contributed by atoms with Gasteiger partial charge < -0.3 is 9.31 Å². The molecule has 6 heteroatoms. The van der Waals surface area contributed by atoms with Crippen molar-refractivity contribution in [3.63, 3.8) is 0 Å². The zero-order valence-electron chi connectivity index (χ0n) is 12.7. The molecule has 2 aliphatic rings. The Kier molecular flexibility index (Phi) is 3.27. The van der Waals surface area contributed by atoms with Gasteiger partial charge in [-0.1, -0.05) is 0 Å². The average Bonchev–Trinajstić information content (AvgIpc) is 2.83. The van der Waals surface area contributed by atoms with Crippen molar-refractivity contribution in [3.05, 3.63) is 12.4 Å². The Morgan fingerprint density at radius 1 is 1.25 bits per heavy atom. The summed E-state index contributed by atoms with van der Waals surface area (Å²) in [6.45, 7) is 8.27. The number of nitrogens with zero attached hydrogens (tertiary/aromatic N) is 2. The standard InChI is InChI=1S/C14H23BN2O2S/c1-12(2)13(3,4)19-15(18-12)11-8-16-17(9-11)14(10-20)6-5-7-14/h8-9,20H,5-7,10H2,1-4H3. The molecule has 0 radical (unpaired) electrons. The summed E-state index contributed by atoms with van der Waals surface area (Å²) < 4.78 is 14.2. The molecule has 0 unspecified atom stereocenters. The lowest BCUT2D eigenvalue weighted by atomic mass is 9.78. The Bertz CT molecular complexity index is 490. The second-order valence-corrected chi connectivity index (χ2v) is 7.36. The van der Waals surface area contributed by atoms with Gasteiger partial charge in [0.2, 0.25) is 0 Å². The predicted molar refractivity (Wildman–Crippen MR) is 83.6 cm³/mol. The van der Waals surface area contributed by atoms with Crippen LogP contribution in [0.1, 0.15) is 47.0 Å². The summed E-state index contributed by atoms with van der Waals surface area (Å²) in [5.74, 6) is 0.831. The minimum Gasteiger partial charge on any atom is -0.399 e. The van der Waals surface area contributed by atoms with E-state index >= 15 is 0 Å². The van der Waals surface area contributed by atoms with Crippen LogP contribution < -0.4 is 5.46 Å². The van der Waals surface area contributed by atoms with Crippen LogP contribution in [0.4, 0.5) is 0 Å². The first-order valence-corrected chi connectivity index (χ1v) is 7.95. The molecule has 20 heavy (non-hydrogen) atoms. The highest BCUT2D eigenvalue weighted by atomic mass is 32.1. The molecule has 3 rings (SSSR count). The third kappa shape index (κ3) is 2.04. The molecule has 1 aromatic rings. The summed E-state index contributed by atoms with van der Waals surface area (Å²) in [6.07, 6.45) is 7.50. The zero-order chi connectivity index (χ0) is 14.6. The molecule has 1 saturated heterocycles. The van der Waals surface area contributed by atoms with E-state index in [-0.39, 0.29) is 23.9 Å². The molecule has 110 valence electrons. The Morgan fingerprint density at radius 3 is 2.30 bits per heavy atom. The van der Waals surface area contributed by atoms with Crippen molar-refractivity contribution in [2.75, 3.05) is 5.75 Å². The summed E-state index contributed by atoms with van der Waals surface area (Å²) >= 11 is 4.49. The van der Waals surface area contributed by atoms with Crippen molar-refractivity contribution in [1.82, 2.24) is 9.78 Å². The number of thiol groups is 1. The first kappa shape index (κ1) is 14.5. The van der Waals surface area contributed by atoms with Crippen molar-refractivity contribution in [3.8, 4) is 0 Å². The fraction of sp³-hybridized carbons (Fsp3) is 0.786. The molecule has 0 amide bonds. The van der Waals surface area contributed by atoms with E-state index in [1.54, 1.807) is 0 Å². The van der Waals surface area contributed by atoms with Crippen molar-refractivity contribution >= 4 is 25.2 Å². The van der Waals surface area contributed by atoms with Crippen LogP contribution in [-0.2, 0) is 14.8 Å². The molecule has 0 bridgehead atoms. The van der Waals surface area contributed by atoms with Gasteiger partial charge in [0.15, 0.2) is 0 Å². The Balaban J connectivity index is 1.82. The van der Waals surface area contributed by atoms with Crippen LogP contribution in [0.15, 0.2) is 12.4 Å². The SMILES string of the molecule is CC1(C)OB(c2cnn(C3(CS)CCC3)c2)OC1(C)C. The van der Waals surface area contributed by atoms with Crippen LogP contribution in [0.5, 0.6) is 0 Å². The van der Waals surface area contributed by atoms with E-state index in [2.05, 4.69) is 56.3 Å². The largest absolute Gasteiger partial charge is 0.498 e. The van der Waals surface area contributed by atoms with E-state index in [0.29, 0.717) is 0 Å². The number of rotatable bonds is 3. The smallest absolute Gasteiger partial charge is 0.399 e. The maximum atomic E-state index is 6.07. The monoisotopic (exact) mass is 294 g/mol. The first-order chi connectivity index (χ1) is 9.30. The predicted octanol–water partition coefficient (Wildman–Crippen LogP) is 1.99. The quantitative estimate of drug-likeness (QED) is 0.684. The van der Waals surface area contributed by atoms with E-state index in [4.69, 9.17) is 9.31 Å². The van der Waals surface area contributed by atoms with Gasteiger partial charge in [0.1, 0.15) is 0 Å². The van der Waals surface area contributed by atoms with Crippen LogP contribution in [0.2, 0.25) is 0 Å². The van der Waals surface area contributed by atoms with Crippen LogP contribution in [0, 0.1) is 0 Å². The van der Waals surface area contributed by atoms with Gasteiger partial charge in [0.05, 0.1) is 16.7 Å². The third-order valence-corrected chi connectivity index (χ3v) is 5.78. The van der Waals surface area contributed by atoms with Crippen molar-refractivity contribution in [2.24, 2.45) is 0 Å².